The summed E-state index contributed by atoms with van der Waals surface area (Å²) in [6, 6.07) is 16.3. The van der Waals surface area contributed by atoms with Gasteiger partial charge in [-0.2, -0.15) is 0 Å². The van der Waals surface area contributed by atoms with Crippen LogP contribution in [0.25, 0.3) is 10.2 Å². The summed E-state index contributed by atoms with van der Waals surface area (Å²) in [4.78, 5) is 32.9. The molecular weight excluding hydrogens is 382 g/mol. The Hall–Kier alpha value is -3.30. The molecule has 134 valence electrons. The number of benzene rings is 2. The van der Waals surface area contributed by atoms with Gasteiger partial charge in [0, 0.05) is 11.1 Å². The number of urea groups is 1. The van der Waals surface area contributed by atoms with Crippen molar-refractivity contribution in [2.24, 2.45) is 0 Å². The van der Waals surface area contributed by atoms with Crippen LogP contribution in [0.5, 0.6) is 0 Å². The summed E-state index contributed by atoms with van der Waals surface area (Å²) in [5.41, 5.74) is 1.71. The van der Waals surface area contributed by atoms with Crippen molar-refractivity contribution in [3.8, 4) is 0 Å². The van der Waals surface area contributed by atoms with Crippen molar-refractivity contribution >= 4 is 60.8 Å². The van der Waals surface area contributed by atoms with Gasteiger partial charge in [-0.1, -0.05) is 41.7 Å². The van der Waals surface area contributed by atoms with Gasteiger partial charge < -0.3 is 5.32 Å². The van der Waals surface area contributed by atoms with Gasteiger partial charge in [0.1, 0.15) is 5.69 Å². The van der Waals surface area contributed by atoms with Crippen molar-refractivity contribution in [2.45, 2.75) is 0 Å². The van der Waals surface area contributed by atoms with Gasteiger partial charge in [0.2, 0.25) is 0 Å². The minimum Gasteiger partial charge on any atom is -0.308 e. The molecule has 0 saturated heterocycles. The quantitative estimate of drug-likeness (QED) is 0.469. The molecule has 0 aliphatic carbocycles. The zero-order valence-electron chi connectivity index (χ0n) is 13.8. The standard InChI is InChI=1S/C18H13N5O2S2/c24-15(22-18-20-12-8-4-5-9-14(12)27-18)13-10-26-17(21-13)23-16(25)19-11-6-2-1-3-7-11/h1-10H,(H,20,22,24)(H2,19,21,23,25). The van der Waals surface area contributed by atoms with Crippen molar-refractivity contribution in [3.63, 3.8) is 0 Å². The number of nitrogens with one attached hydrogen (secondary N) is 3. The maximum absolute atomic E-state index is 12.4. The maximum Gasteiger partial charge on any atom is 0.325 e. The number of amides is 3. The third kappa shape index (κ3) is 4.10. The van der Waals surface area contributed by atoms with Crippen LogP contribution in [0.2, 0.25) is 0 Å². The normalized spacial score (nSPS) is 10.5. The van der Waals surface area contributed by atoms with E-state index >= 15 is 0 Å². The maximum atomic E-state index is 12.4. The molecule has 2 aromatic heterocycles. The van der Waals surface area contributed by atoms with Gasteiger partial charge in [-0.05, 0) is 24.3 Å². The smallest absolute Gasteiger partial charge is 0.308 e. The van der Waals surface area contributed by atoms with Gasteiger partial charge in [-0.3, -0.25) is 15.4 Å². The molecule has 0 atom stereocenters. The van der Waals surface area contributed by atoms with Gasteiger partial charge >= 0.3 is 6.03 Å². The van der Waals surface area contributed by atoms with Crippen molar-refractivity contribution in [2.75, 3.05) is 16.0 Å². The molecule has 2 aromatic carbocycles. The molecule has 0 fully saturated rings. The molecule has 3 N–H and O–H groups in total. The Morgan fingerprint density at radius 1 is 0.815 bits per heavy atom. The first kappa shape index (κ1) is 17.1. The number of hydrogen-bond acceptors (Lipinski definition) is 6. The summed E-state index contributed by atoms with van der Waals surface area (Å²) in [6.07, 6.45) is 0. The fourth-order valence-corrected chi connectivity index (χ4v) is 3.85. The van der Waals surface area contributed by atoms with Gasteiger partial charge in [-0.15, -0.1) is 11.3 Å². The Morgan fingerprint density at radius 2 is 1.59 bits per heavy atom. The molecule has 0 aliphatic rings. The first-order valence-corrected chi connectivity index (χ1v) is 9.62. The molecule has 3 amide bonds. The number of anilines is 3. The first-order chi connectivity index (χ1) is 13.2. The Kier molecular flexibility index (Phi) is 4.77. The molecule has 27 heavy (non-hydrogen) atoms. The average molecular weight is 395 g/mol. The van der Waals surface area contributed by atoms with E-state index in [1.165, 1.54) is 22.7 Å². The van der Waals surface area contributed by atoms with E-state index in [-0.39, 0.29) is 11.6 Å². The second-order valence-corrected chi connectivity index (χ2v) is 7.31. The molecule has 4 rings (SSSR count). The minimum atomic E-state index is -0.423. The van der Waals surface area contributed by atoms with Crippen LogP contribution < -0.4 is 16.0 Å². The van der Waals surface area contributed by atoms with E-state index in [1.54, 1.807) is 17.5 Å². The van der Waals surface area contributed by atoms with E-state index in [0.29, 0.717) is 16.0 Å². The molecular formula is C18H13N5O2S2. The Bertz CT molecular complexity index is 1070. The topological polar surface area (TPSA) is 96.0 Å². The Balaban J connectivity index is 1.39. The highest BCUT2D eigenvalue weighted by Crippen LogP contribution is 2.26. The molecule has 0 radical (unpaired) electrons. The van der Waals surface area contributed by atoms with E-state index in [4.69, 9.17) is 0 Å². The Morgan fingerprint density at radius 3 is 2.41 bits per heavy atom. The SMILES string of the molecule is O=C(Nc1ccccc1)Nc1nc(C(=O)Nc2nc3ccccc3s2)cs1. The largest absolute Gasteiger partial charge is 0.325 e. The third-order valence-corrected chi connectivity index (χ3v) is 5.21. The van der Waals surface area contributed by atoms with Gasteiger partial charge in [0.15, 0.2) is 10.3 Å². The second kappa shape index (κ2) is 7.52. The van der Waals surface area contributed by atoms with Crippen LogP contribution in [-0.2, 0) is 0 Å². The van der Waals surface area contributed by atoms with Crippen LogP contribution in [0.3, 0.4) is 0 Å². The lowest BCUT2D eigenvalue weighted by Gasteiger charge is -2.04. The predicted octanol–water partition coefficient (Wildman–Crippen LogP) is 4.65. The second-order valence-electron chi connectivity index (χ2n) is 5.42. The number of carbonyl (C=O) groups excluding carboxylic acids is 2. The number of rotatable bonds is 4. The van der Waals surface area contributed by atoms with Gasteiger partial charge in [0.25, 0.3) is 5.91 Å². The summed E-state index contributed by atoms with van der Waals surface area (Å²) < 4.78 is 0.992. The van der Waals surface area contributed by atoms with Crippen molar-refractivity contribution < 1.29 is 9.59 Å². The molecule has 0 saturated carbocycles. The monoisotopic (exact) mass is 395 g/mol. The van der Waals surface area contributed by atoms with Crippen LogP contribution in [-0.4, -0.2) is 21.9 Å². The summed E-state index contributed by atoms with van der Waals surface area (Å²) >= 11 is 2.56. The lowest BCUT2D eigenvalue weighted by atomic mass is 10.3. The minimum absolute atomic E-state index is 0.217. The Labute approximate surface area is 162 Å². The molecule has 0 aliphatic heterocycles. The average Bonchev–Trinajstić information content (AvgIpc) is 3.28. The predicted molar refractivity (Wildman–Crippen MR) is 109 cm³/mol. The van der Waals surface area contributed by atoms with Crippen molar-refractivity contribution in [3.05, 3.63) is 65.7 Å². The summed E-state index contributed by atoms with van der Waals surface area (Å²) in [5, 5.41) is 10.5. The number of hydrogen-bond donors (Lipinski definition) is 3. The highest BCUT2D eigenvalue weighted by Gasteiger charge is 2.14. The summed E-state index contributed by atoms with van der Waals surface area (Å²) in [5.74, 6) is -0.373. The highest BCUT2D eigenvalue weighted by molar-refractivity contribution is 7.22. The van der Waals surface area contributed by atoms with E-state index in [0.717, 1.165) is 10.2 Å². The lowest BCUT2D eigenvalue weighted by Crippen LogP contribution is -2.19. The zero-order chi connectivity index (χ0) is 18.6. The number of para-hydroxylation sites is 2. The van der Waals surface area contributed by atoms with Crippen molar-refractivity contribution in [1.82, 2.24) is 9.97 Å². The number of fused-ring (bicyclic) bond motifs is 1. The fourth-order valence-electron chi connectivity index (χ4n) is 2.30. The molecule has 0 bridgehead atoms. The molecule has 0 spiro atoms. The molecule has 7 nitrogen and oxygen atoms in total. The molecule has 2 heterocycles. The van der Waals surface area contributed by atoms with E-state index in [9.17, 15) is 9.59 Å². The van der Waals surface area contributed by atoms with Crippen LogP contribution in [0, 0.1) is 0 Å². The number of aromatic nitrogens is 2. The first-order valence-electron chi connectivity index (χ1n) is 7.93. The van der Waals surface area contributed by atoms with E-state index in [1.807, 2.05) is 42.5 Å². The van der Waals surface area contributed by atoms with Gasteiger partial charge in [-0.25, -0.2) is 14.8 Å². The number of nitrogens with zero attached hydrogens (tertiary/aromatic N) is 2. The van der Waals surface area contributed by atoms with E-state index in [2.05, 4.69) is 25.9 Å². The van der Waals surface area contributed by atoms with Crippen molar-refractivity contribution in [1.29, 1.82) is 0 Å². The molecule has 0 unspecified atom stereocenters. The number of thiazole rings is 2. The number of carbonyl (C=O) groups is 2. The molecule has 9 heteroatoms. The van der Waals surface area contributed by atoms with Gasteiger partial charge in [0.05, 0.1) is 10.2 Å². The lowest BCUT2D eigenvalue weighted by molar-refractivity contribution is 0.102. The highest BCUT2D eigenvalue weighted by atomic mass is 32.1. The van der Waals surface area contributed by atoms with Crippen LogP contribution in [0.4, 0.5) is 20.7 Å². The molecule has 4 aromatic rings. The van der Waals surface area contributed by atoms with E-state index < -0.39 is 6.03 Å². The van der Waals surface area contributed by atoms with Crippen LogP contribution >= 0.6 is 22.7 Å². The summed E-state index contributed by atoms with van der Waals surface area (Å²) in [6.45, 7) is 0. The van der Waals surface area contributed by atoms with Crippen LogP contribution in [0.1, 0.15) is 10.5 Å². The fraction of sp³-hybridized carbons (Fsp3) is 0. The van der Waals surface area contributed by atoms with Crippen LogP contribution in [0.15, 0.2) is 60.0 Å². The third-order valence-electron chi connectivity index (χ3n) is 3.50. The summed E-state index contributed by atoms with van der Waals surface area (Å²) in [7, 11) is 0. The zero-order valence-corrected chi connectivity index (χ0v) is 15.4.